The maximum atomic E-state index is 12.1. The standard InChI is InChI=1S/C13H16ClF3N2O/c1-9-7-18-4-5-19(9)8-10-2-3-12(11(14)6-10)20-13(15,16)17/h2-3,6,9,18H,4-5,7-8H2,1H3/t9-/m1/s1. The van der Waals surface area contributed by atoms with Crippen LogP contribution in [0, 0.1) is 0 Å². The summed E-state index contributed by atoms with van der Waals surface area (Å²) in [7, 11) is 0. The lowest BCUT2D eigenvalue weighted by Crippen LogP contribution is -2.49. The van der Waals surface area contributed by atoms with Gasteiger partial charge in [0, 0.05) is 32.2 Å². The van der Waals surface area contributed by atoms with Crippen molar-refractivity contribution in [1.29, 1.82) is 0 Å². The molecule has 1 atom stereocenters. The van der Waals surface area contributed by atoms with Crippen molar-refractivity contribution in [3.63, 3.8) is 0 Å². The van der Waals surface area contributed by atoms with Crippen LogP contribution in [0.4, 0.5) is 13.2 Å². The number of rotatable bonds is 3. The van der Waals surface area contributed by atoms with Gasteiger partial charge in [-0.25, -0.2) is 0 Å². The molecule has 1 heterocycles. The molecule has 1 saturated heterocycles. The zero-order valence-corrected chi connectivity index (χ0v) is 11.8. The van der Waals surface area contributed by atoms with E-state index in [4.69, 9.17) is 11.6 Å². The lowest BCUT2D eigenvalue weighted by molar-refractivity contribution is -0.274. The number of halogens is 4. The summed E-state index contributed by atoms with van der Waals surface area (Å²) < 4.78 is 40.3. The normalized spacial score (nSPS) is 20.9. The van der Waals surface area contributed by atoms with Crippen LogP contribution >= 0.6 is 11.6 Å². The summed E-state index contributed by atoms with van der Waals surface area (Å²) in [4.78, 5) is 2.26. The summed E-state index contributed by atoms with van der Waals surface area (Å²) in [6.07, 6.45) is -4.72. The van der Waals surface area contributed by atoms with Gasteiger partial charge in [-0.3, -0.25) is 4.90 Å². The van der Waals surface area contributed by atoms with E-state index in [0.29, 0.717) is 12.6 Å². The minimum absolute atomic E-state index is 0.0254. The molecule has 112 valence electrons. The van der Waals surface area contributed by atoms with Gasteiger partial charge in [-0.1, -0.05) is 17.7 Å². The largest absolute Gasteiger partial charge is 0.573 e. The molecule has 1 N–H and O–H groups in total. The predicted molar refractivity (Wildman–Crippen MR) is 70.9 cm³/mol. The molecule has 0 unspecified atom stereocenters. The van der Waals surface area contributed by atoms with E-state index < -0.39 is 6.36 Å². The molecule has 1 aliphatic heterocycles. The summed E-state index contributed by atoms with van der Waals surface area (Å²) in [6, 6.07) is 4.78. The fourth-order valence-electron chi connectivity index (χ4n) is 2.20. The Morgan fingerprint density at radius 2 is 2.20 bits per heavy atom. The van der Waals surface area contributed by atoms with E-state index in [0.717, 1.165) is 25.2 Å². The first kappa shape index (κ1) is 15.4. The fraction of sp³-hybridized carbons (Fsp3) is 0.538. The topological polar surface area (TPSA) is 24.5 Å². The summed E-state index contributed by atoms with van der Waals surface area (Å²) in [5, 5.41) is 3.26. The Kier molecular flexibility index (Phi) is 4.78. The van der Waals surface area contributed by atoms with Crippen molar-refractivity contribution >= 4 is 11.6 Å². The van der Waals surface area contributed by atoms with Gasteiger partial charge in [0.05, 0.1) is 5.02 Å². The third-order valence-corrected chi connectivity index (χ3v) is 3.54. The van der Waals surface area contributed by atoms with E-state index in [-0.39, 0.29) is 10.8 Å². The molecule has 1 aliphatic rings. The number of hydrogen-bond donors (Lipinski definition) is 1. The number of alkyl halides is 3. The van der Waals surface area contributed by atoms with E-state index in [1.165, 1.54) is 12.1 Å². The minimum Gasteiger partial charge on any atom is -0.404 e. The van der Waals surface area contributed by atoms with Crippen LogP contribution in [0.1, 0.15) is 12.5 Å². The van der Waals surface area contributed by atoms with E-state index in [1.54, 1.807) is 6.07 Å². The van der Waals surface area contributed by atoms with Gasteiger partial charge < -0.3 is 10.1 Å². The lowest BCUT2D eigenvalue weighted by atomic mass is 10.1. The Bertz CT molecular complexity index is 467. The fourth-order valence-corrected chi connectivity index (χ4v) is 2.44. The molecule has 0 saturated carbocycles. The third kappa shape index (κ3) is 4.26. The Morgan fingerprint density at radius 3 is 2.80 bits per heavy atom. The maximum Gasteiger partial charge on any atom is 0.573 e. The molecular weight excluding hydrogens is 293 g/mol. The zero-order chi connectivity index (χ0) is 14.8. The molecule has 1 fully saturated rings. The summed E-state index contributed by atoms with van der Waals surface area (Å²) >= 11 is 5.83. The monoisotopic (exact) mass is 308 g/mol. The smallest absolute Gasteiger partial charge is 0.404 e. The van der Waals surface area contributed by atoms with E-state index in [1.807, 2.05) is 0 Å². The quantitative estimate of drug-likeness (QED) is 0.929. The zero-order valence-electron chi connectivity index (χ0n) is 11.0. The summed E-state index contributed by atoms with van der Waals surface area (Å²) in [6.45, 7) is 5.49. The summed E-state index contributed by atoms with van der Waals surface area (Å²) in [5.41, 5.74) is 0.873. The first-order chi connectivity index (χ1) is 9.35. The van der Waals surface area contributed by atoms with Crippen LogP contribution in [0.25, 0.3) is 0 Å². The Labute approximate surface area is 120 Å². The molecule has 0 radical (unpaired) electrons. The Morgan fingerprint density at radius 1 is 1.45 bits per heavy atom. The molecule has 1 aromatic rings. The summed E-state index contributed by atoms with van der Waals surface area (Å²) in [5.74, 6) is -0.365. The van der Waals surface area contributed by atoms with Crippen molar-refractivity contribution in [2.24, 2.45) is 0 Å². The first-order valence-corrected chi connectivity index (χ1v) is 6.72. The van der Waals surface area contributed by atoms with Gasteiger partial charge in [0.15, 0.2) is 0 Å². The SMILES string of the molecule is C[C@@H]1CNCCN1Cc1ccc(OC(F)(F)F)c(Cl)c1. The van der Waals surface area contributed by atoms with Crippen LogP contribution in [0.15, 0.2) is 18.2 Å². The van der Waals surface area contributed by atoms with Gasteiger partial charge in [-0.15, -0.1) is 13.2 Å². The number of piperazine rings is 1. The molecule has 0 amide bonds. The van der Waals surface area contributed by atoms with Crippen LogP contribution in [0.3, 0.4) is 0 Å². The van der Waals surface area contributed by atoms with Gasteiger partial charge in [-0.2, -0.15) is 0 Å². The average molecular weight is 309 g/mol. The van der Waals surface area contributed by atoms with Gasteiger partial charge in [0.2, 0.25) is 0 Å². The maximum absolute atomic E-state index is 12.1. The molecule has 7 heteroatoms. The molecule has 0 aromatic heterocycles. The van der Waals surface area contributed by atoms with Crippen molar-refractivity contribution in [3.8, 4) is 5.75 Å². The molecule has 20 heavy (non-hydrogen) atoms. The minimum atomic E-state index is -4.72. The molecule has 2 rings (SSSR count). The van der Waals surface area contributed by atoms with Gasteiger partial charge in [0.25, 0.3) is 0 Å². The van der Waals surface area contributed by atoms with E-state index in [2.05, 4.69) is 21.9 Å². The number of nitrogens with one attached hydrogen (secondary N) is 1. The van der Waals surface area contributed by atoms with Crippen molar-refractivity contribution in [2.45, 2.75) is 25.9 Å². The highest BCUT2D eigenvalue weighted by Crippen LogP contribution is 2.31. The highest BCUT2D eigenvalue weighted by atomic mass is 35.5. The molecule has 1 aromatic carbocycles. The number of nitrogens with zero attached hydrogens (tertiary/aromatic N) is 1. The molecule has 0 spiro atoms. The number of benzene rings is 1. The second-order valence-electron chi connectivity index (χ2n) is 4.84. The van der Waals surface area contributed by atoms with Crippen molar-refractivity contribution < 1.29 is 17.9 Å². The van der Waals surface area contributed by atoms with Crippen LogP contribution in [-0.4, -0.2) is 36.9 Å². The van der Waals surface area contributed by atoms with Gasteiger partial charge in [-0.05, 0) is 24.6 Å². The lowest BCUT2D eigenvalue weighted by Gasteiger charge is -2.33. The van der Waals surface area contributed by atoms with E-state index >= 15 is 0 Å². The second-order valence-corrected chi connectivity index (χ2v) is 5.24. The molecule has 0 bridgehead atoms. The highest BCUT2D eigenvalue weighted by molar-refractivity contribution is 6.32. The van der Waals surface area contributed by atoms with Crippen molar-refractivity contribution in [1.82, 2.24) is 10.2 Å². The Hall–Kier alpha value is -0.980. The van der Waals surface area contributed by atoms with Crippen molar-refractivity contribution in [2.75, 3.05) is 19.6 Å². The third-order valence-electron chi connectivity index (χ3n) is 3.25. The van der Waals surface area contributed by atoms with Crippen LogP contribution in [-0.2, 0) is 6.54 Å². The van der Waals surface area contributed by atoms with Gasteiger partial charge >= 0.3 is 6.36 Å². The van der Waals surface area contributed by atoms with Crippen LogP contribution < -0.4 is 10.1 Å². The van der Waals surface area contributed by atoms with Crippen LogP contribution in [0.2, 0.25) is 5.02 Å². The second kappa shape index (κ2) is 6.20. The molecule has 3 nitrogen and oxygen atoms in total. The van der Waals surface area contributed by atoms with Crippen molar-refractivity contribution in [3.05, 3.63) is 28.8 Å². The van der Waals surface area contributed by atoms with Gasteiger partial charge in [0.1, 0.15) is 5.75 Å². The highest BCUT2D eigenvalue weighted by Gasteiger charge is 2.32. The molecular formula is C13H16ClF3N2O. The first-order valence-electron chi connectivity index (χ1n) is 6.34. The predicted octanol–water partition coefficient (Wildman–Crippen LogP) is 3.03. The van der Waals surface area contributed by atoms with E-state index in [9.17, 15) is 13.2 Å². The molecule has 0 aliphatic carbocycles. The Balaban J connectivity index is 2.05. The average Bonchev–Trinajstić information content (AvgIpc) is 2.34. The van der Waals surface area contributed by atoms with Crippen LogP contribution in [0.5, 0.6) is 5.75 Å². The number of ether oxygens (including phenoxy) is 1. The number of hydrogen-bond acceptors (Lipinski definition) is 3.